The van der Waals surface area contributed by atoms with Gasteiger partial charge < -0.3 is 5.32 Å². The van der Waals surface area contributed by atoms with Crippen LogP contribution in [0.4, 0.5) is 0 Å². The average molecular weight is 432 g/mol. The highest BCUT2D eigenvalue weighted by atomic mass is 79.9. The number of nitrogens with one attached hydrogen (secondary N) is 2. The van der Waals surface area contributed by atoms with Crippen LogP contribution in [-0.4, -0.2) is 20.4 Å². The van der Waals surface area contributed by atoms with E-state index in [0.29, 0.717) is 5.02 Å². The van der Waals surface area contributed by atoms with Crippen LogP contribution in [0.5, 0.6) is 0 Å². The largest absolute Gasteiger partial charge is 0.351 e. The van der Waals surface area contributed by atoms with Gasteiger partial charge in [-0.2, -0.15) is 4.72 Å². The molecule has 2 aromatic carbocycles. The van der Waals surface area contributed by atoms with Gasteiger partial charge >= 0.3 is 0 Å². The van der Waals surface area contributed by atoms with Gasteiger partial charge in [-0.3, -0.25) is 4.79 Å². The van der Waals surface area contributed by atoms with Crippen molar-refractivity contribution in [2.75, 3.05) is 0 Å². The molecule has 0 fully saturated rings. The maximum absolute atomic E-state index is 12.3. The summed E-state index contributed by atoms with van der Waals surface area (Å²) in [5.41, 5.74) is 0.760. The number of carbonyl (C=O) groups excluding carboxylic acids is 1. The zero-order chi connectivity index (χ0) is 17.7. The molecule has 24 heavy (non-hydrogen) atoms. The Morgan fingerprint density at radius 2 is 1.79 bits per heavy atom. The molecule has 1 amide bonds. The number of benzene rings is 2. The molecule has 0 aliphatic heterocycles. The molecular formula is C16H16BrClN2O3S. The lowest BCUT2D eigenvalue weighted by Gasteiger charge is -2.15. The van der Waals surface area contributed by atoms with Gasteiger partial charge in [-0.05, 0) is 42.8 Å². The molecule has 0 saturated heterocycles. The van der Waals surface area contributed by atoms with Gasteiger partial charge in [0, 0.05) is 16.0 Å². The molecule has 1 unspecified atom stereocenters. The highest BCUT2D eigenvalue weighted by Crippen LogP contribution is 2.16. The zero-order valence-electron chi connectivity index (χ0n) is 12.8. The Hall–Kier alpha value is -1.41. The molecule has 0 saturated carbocycles. The van der Waals surface area contributed by atoms with Crippen molar-refractivity contribution < 1.29 is 13.2 Å². The molecule has 8 heteroatoms. The van der Waals surface area contributed by atoms with Crippen LogP contribution >= 0.6 is 27.5 Å². The van der Waals surface area contributed by atoms with Crippen LogP contribution in [0.1, 0.15) is 12.5 Å². The summed E-state index contributed by atoms with van der Waals surface area (Å²) >= 11 is 9.26. The van der Waals surface area contributed by atoms with Gasteiger partial charge in [-0.25, -0.2) is 8.42 Å². The van der Waals surface area contributed by atoms with E-state index in [9.17, 15) is 13.2 Å². The molecule has 2 aromatic rings. The number of rotatable bonds is 6. The zero-order valence-corrected chi connectivity index (χ0v) is 16.0. The molecule has 0 aliphatic rings. The first-order valence-electron chi connectivity index (χ1n) is 7.08. The lowest BCUT2D eigenvalue weighted by molar-refractivity contribution is -0.122. The van der Waals surface area contributed by atoms with Gasteiger partial charge in [0.05, 0.1) is 10.9 Å². The summed E-state index contributed by atoms with van der Waals surface area (Å²) in [6, 6.07) is 12.4. The predicted octanol–water partition coefficient (Wildman–Crippen LogP) is 3.09. The summed E-state index contributed by atoms with van der Waals surface area (Å²) in [7, 11) is -3.77. The Morgan fingerprint density at radius 1 is 1.17 bits per heavy atom. The minimum Gasteiger partial charge on any atom is -0.351 e. The minimum absolute atomic E-state index is 0.0939. The molecule has 128 valence electrons. The van der Waals surface area contributed by atoms with E-state index in [4.69, 9.17) is 11.6 Å². The lowest BCUT2D eigenvalue weighted by atomic mass is 10.2. The number of hydrogen-bond acceptors (Lipinski definition) is 3. The number of amides is 1. The van der Waals surface area contributed by atoms with Gasteiger partial charge in [0.15, 0.2) is 0 Å². The Bertz CT molecular complexity index is 825. The second-order valence-electron chi connectivity index (χ2n) is 5.11. The summed E-state index contributed by atoms with van der Waals surface area (Å²) < 4.78 is 27.6. The fraction of sp³-hybridized carbons (Fsp3) is 0.188. The second-order valence-corrected chi connectivity index (χ2v) is 8.14. The van der Waals surface area contributed by atoms with Crippen LogP contribution in [0, 0.1) is 0 Å². The van der Waals surface area contributed by atoms with E-state index in [1.54, 1.807) is 30.3 Å². The van der Waals surface area contributed by atoms with Crippen molar-refractivity contribution in [1.82, 2.24) is 10.0 Å². The molecule has 0 spiro atoms. The van der Waals surface area contributed by atoms with E-state index in [1.807, 2.05) is 6.07 Å². The topological polar surface area (TPSA) is 75.3 Å². The predicted molar refractivity (Wildman–Crippen MR) is 97.2 cm³/mol. The van der Waals surface area contributed by atoms with Gasteiger partial charge in [0.25, 0.3) is 0 Å². The van der Waals surface area contributed by atoms with Crippen LogP contribution in [-0.2, 0) is 21.4 Å². The number of carbonyl (C=O) groups is 1. The third-order valence-corrected chi connectivity index (χ3v) is 5.71. The summed E-state index contributed by atoms with van der Waals surface area (Å²) in [5.74, 6) is -0.435. The van der Waals surface area contributed by atoms with Gasteiger partial charge in [0.2, 0.25) is 15.9 Å². The van der Waals surface area contributed by atoms with Crippen molar-refractivity contribution in [1.29, 1.82) is 0 Å². The van der Waals surface area contributed by atoms with Crippen LogP contribution < -0.4 is 10.0 Å². The molecule has 0 radical (unpaired) electrons. The van der Waals surface area contributed by atoms with E-state index in [2.05, 4.69) is 26.0 Å². The summed E-state index contributed by atoms with van der Waals surface area (Å²) in [5, 5.41) is 3.21. The van der Waals surface area contributed by atoms with Crippen molar-refractivity contribution in [3.8, 4) is 0 Å². The van der Waals surface area contributed by atoms with Gasteiger partial charge in [-0.15, -0.1) is 0 Å². The summed E-state index contributed by atoms with van der Waals surface area (Å²) in [6.45, 7) is 1.71. The second kappa shape index (κ2) is 8.11. The van der Waals surface area contributed by atoms with Crippen molar-refractivity contribution in [3.05, 3.63) is 63.6 Å². The van der Waals surface area contributed by atoms with Crippen molar-refractivity contribution >= 4 is 43.5 Å². The fourth-order valence-electron chi connectivity index (χ4n) is 1.95. The Kier molecular flexibility index (Phi) is 6.40. The average Bonchev–Trinajstić information content (AvgIpc) is 2.53. The van der Waals surface area contributed by atoms with E-state index in [1.165, 1.54) is 19.1 Å². The van der Waals surface area contributed by atoms with Gasteiger partial charge in [0.1, 0.15) is 0 Å². The van der Waals surface area contributed by atoms with E-state index >= 15 is 0 Å². The first-order valence-corrected chi connectivity index (χ1v) is 9.74. The van der Waals surface area contributed by atoms with E-state index < -0.39 is 22.0 Å². The third-order valence-electron chi connectivity index (χ3n) is 3.26. The number of sulfonamides is 1. The molecule has 2 rings (SSSR count). The number of hydrogen-bond donors (Lipinski definition) is 2. The third kappa shape index (κ3) is 5.04. The minimum atomic E-state index is -3.77. The Balaban J connectivity index is 1.98. The summed E-state index contributed by atoms with van der Waals surface area (Å²) in [4.78, 5) is 12.2. The maximum atomic E-state index is 12.3. The summed E-state index contributed by atoms with van der Waals surface area (Å²) in [6.07, 6.45) is 0. The molecule has 0 bridgehead atoms. The standard InChI is InChI=1S/C16H16BrClN2O3S/c1-11(16(21)19-10-12-4-2-3-5-15(12)18)20-24(22,23)14-8-6-13(17)7-9-14/h2-9,11,20H,10H2,1H3,(H,19,21). The van der Waals surface area contributed by atoms with Crippen molar-refractivity contribution in [3.63, 3.8) is 0 Å². The molecule has 2 N–H and O–H groups in total. The molecule has 1 atom stereocenters. The smallest absolute Gasteiger partial charge is 0.241 e. The first kappa shape index (κ1) is 18.9. The highest BCUT2D eigenvalue weighted by Gasteiger charge is 2.21. The Labute approximate surface area is 154 Å². The van der Waals surface area contributed by atoms with Crippen molar-refractivity contribution in [2.45, 2.75) is 24.4 Å². The van der Waals surface area contributed by atoms with Crippen LogP contribution in [0.15, 0.2) is 57.9 Å². The Morgan fingerprint density at radius 3 is 2.42 bits per heavy atom. The van der Waals surface area contributed by atoms with Crippen molar-refractivity contribution in [2.24, 2.45) is 0 Å². The van der Waals surface area contributed by atoms with Gasteiger partial charge in [-0.1, -0.05) is 45.7 Å². The van der Waals surface area contributed by atoms with Crippen LogP contribution in [0.2, 0.25) is 5.02 Å². The molecule has 0 aromatic heterocycles. The SMILES string of the molecule is CC(NS(=O)(=O)c1ccc(Br)cc1)C(=O)NCc1ccccc1Cl. The fourth-order valence-corrected chi connectivity index (χ4v) is 3.62. The molecule has 0 aliphatic carbocycles. The first-order chi connectivity index (χ1) is 11.3. The lowest BCUT2D eigenvalue weighted by Crippen LogP contribution is -2.44. The molecule has 0 heterocycles. The quantitative estimate of drug-likeness (QED) is 0.738. The van der Waals surface area contributed by atoms with Crippen LogP contribution in [0.25, 0.3) is 0 Å². The van der Waals surface area contributed by atoms with Crippen LogP contribution in [0.3, 0.4) is 0 Å². The maximum Gasteiger partial charge on any atom is 0.241 e. The van der Waals surface area contributed by atoms with E-state index in [0.717, 1.165) is 10.0 Å². The highest BCUT2D eigenvalue weighted by molar-refractivity contribution is 9.10. The van der Waals surface area contributed by atoms with E-state index in [-0.39, 0.29) is 11.4 Å². The normalized spacial score (nSPS) is 12.6. The monoisotopic (exact) mass is 430 g/mol. The molecular weight excluding hydrogens is 416 g/mol. The molecule has 5 nitrogen and oxygen atoms in total. The number of halogens is 2.